The summed E-state index contributed by atoms with van der Waals surface area (Å²) >= 11 is 5.98. The molecular formula is C14H21ClN4O. The molecule has 6 heteroatoms. The van der Waals surface area contributed by atoms with Gasteiger partial charge in [0.15, 0.2) is 0 Å². The number of nitrogen functional groups attached to an aromatic ring is 1. The lowest BCUT2D eigenvalue weighted by molar-refractivity contribution is 0.0887. The fourth-order valence-corrected chi connectivity index (χ4v) is 2.52. The summed E-state index contributed by atoms with van der Waals surface area (Å²) in [5.74, 6) is 0.0347. The zero-order chi connectivity index (χ0) is 14.8. The van der Waals surface area contributed by atoms with Crippen molar-refractivity contribution in [2.75, 3.05) is 32.4 Å². The van der Waals surface area contributed by atoms with Crippen molar-refractivity contribution in [2.24, 2.45) is 5.41 Å². The number of piperidine rings is 1. The van der Waals surface area contributed by atoms with Gasteiger partial charge in [-0.3, -0.25) is 4.79 Å². The molecule has 3 N–H and O–H groups in total. The molecule has 0 spiro atoms. The number of anilines is 1. The van der Waals surface area contributed by atoms with Crippen LogP contribution in [0, 0.1) is 5.41 Å². The van der Waals surface area contributed by atoms with Crippen LogP contribution >= 0.6 is 11.6 Å². The molecular weight excluding hydrogens is 276 g/mol. The molecule has 2 heterocycles. The molecule has 0 unspecified atom stereocenters. The van der Waals surface area contributed by atoms with Crippen molar-refractivity contribution in [1.29, 1.82) is 0 Å². The molecule has 0 aliphatic carbocycles. The first-order chi connectivity index (χ1) is 9.39. The molecule has 1 amide bonds. The third kappa shape index (κ3) is 3.61. The molecule has 1 saturated heterocycles. The van der Waals surface area contributed by atoms with Gasteiger partial charge in [-0.05, 0) is 50.5 Å². The van der Waals surface area contributed by atoms with E-state index in [4.69, 9.17) is 17.3 Å². The number of hydrogen-bond acceptors (Lipinski definition) is 4. The number of hydrogen-bond donors (Lipinski definition) is 2. The van der Waals surface area contributed by atoms with Crippen molar-refractivity contribution < 1.29 is 4.79 Å². The molecule has 0 aromatic carbocycles. The van der Waals surface area contributed by atoms with Crippen molar-refractivity contribution in [3.63, 3.8) is 0 Å². The van der Waals surface area contributed by atoms with Crippen LogP contribution in [0.1, 0.15) is 30.3 Å². The van der Waals surface area contributed by atoms with E-state index >= 15 is 0 Å². The Kier molecular flexibility index (Phi) is 4.50. The molecule has 110 valence electrons. The monoisotopic (exact) mass is 296 g/mol. The maximum absolute atomic E-state index is 12.1. The number of carbonyl (C=O) groups is 1. The van der Waals surface area contributed by atoms with E-state index < -0.39 is 0 Å². The lowest BCUT2D eigenvalue weighted by atomic mass is 9.80. The average molecular weight is 297 g/mol. The lowest BCUT2D eigenvalue weighted by Crippen LogP contribution is -2.43. The van der Waals surface area contributed by atoms with Crippen molar-refractivity contribution in [3.8, 4) is 0 Å². The Morgan fingerprint density at radius 3 is 2.80 bits per heavy atom. The molecule has 1 aromatic rings. The minimum Gasteiger partial charge on any atom is -0.384 e. The minimum atomic E-state index is -0.262. The largest absolute Gasteiger partial charge is 0.384 e. The first kappa shape index (κ1) is 15.1. The Morgan fingerprint density at radius 1 is 1.50 bits per heavy atom. The molecule has 0 radical (unpaired) electrons. The Balaban J connectivity index is 1.97. The van der Waals surface area contributed by atoms with Crippen molar-refractivity contribution in [1.82, 2.24) is 15.2 Å². The summed E-state index contributed by atoms with van der Waals surface area (Å²) in [4.78, 5) is 18.4. The summed E-state index contributed by atoms with van der Waals surface area (Å²) in [6.07, 6.45) is 2.14. The number of halogens is 1. The third-order valence-electron chi connectivity index (χ3n) is 3.95. The minimum absolute atomic E-state index is 0.134. The summed E-state index contributed by atoms with van der Waals surface area (Å²) in [6.45, 7) is 4.95. The maximum Gasteiger partial charge on any atom is 0.271 e. The highest BCUT2D eigenvalue weighted by Gasteiger charge is 2.29. The average Bonchev–Trinajstić information content (AvgIpc) is 2.43. The Bertz CT molecular complexity index is 498. The number of carbonyl (C=O) groups excluding carboxylic acids is 1. The number of nitrogens with two attached hydrogens (primary N) is 1. The number of nitrogens with one attached hydrogen (secondary N) is 1. The normalized spacial score (nSPS) is 18.8. The SMILES string of the molecule is CN1CCC(C)(CNC(=O)c2nc(N)ccc2Cl)CC1. The summed E-state index contributed by atoms with van der Waals surface area (Å²) < 4.78 is 0. The molecule has 1 aliphatic heterocycles. The predicted octanol–water partition coefficient (Wildman–Crippen LogP) is 1.78. The highest BCUT2D eigenvalue weighted by Crippen LogP contribution is 2.29. The van der Waals surface area contributed by atoms with Crippen molar-refractivity contribution in [2.45, 2.75) is 19.8 Å². The van der Waals surface area contributed by atoms with Gasteiger partial charge in [0.1, 0.15) is 11.5 Å². The molecule has 2 rings (SSSR count). The van der Waals surface area contributed by atoms with Crippen LogP contribution in [0.2, 0.25) is 5.02 Å². The Hall–Kier alpha value is -1.33. The second-order valence-electron chi connectivity index (χ2n) is 5.86. The molecule has 1 aromatic heterocycles. The quantitative estimate of drug-likeness (QED) is 0.892. The van der Waals surface area contributed by atoms with E-state index in [0.29, 0.717) is 17.4 Å². The van der Waals surface area contributed by atoms with Gasteiger partial charge in [-0.25, -0.2) is 4.98 Å². The molecule has 0 bridgehead atoms. The lowest BCUT2D eigenvalue weighted by Gasteiger charge is -2.37. The van der Waals surface area contributed by atoms with E-state index in [0.717, 1.165) is 25.9 Å². The molecule has 1 aliphatic rings. The van der Waals surface area contributed by atoms with E-state index in [1.54, 1.807) is 12.1 Å². The molecule has 20 heavy (non-hydrogen) atoms. The van der Waals surface area contributed by atoms with E-state index in [2.05, 4.69) is 29.2 Å². The molecule has 5 nitrogen and oxygen atoms in total. The van der Waals surface area contributed by atoms with Crippen LogP contribution in [-0.2, 0) is 0 Å². The number of amides is 1. The smallest absolute Gasteiger partial charge is 0.271 e. The van der Waals surface area contributed by atoms with Gasteiger partial charge < -0.3 is 16.0 Å². The van der Waals surface area contributed by atoms with Crippen LogP contribution in [0.3, 0.4) is 0 Å². The molecule has 0 atom stereocenters. The van der Waals surface area contributed by atoms with Crippen LogP contribution in [0.25, 0.3) is 0 Å². The molecule has 0 saturated carbocycles. The third-order valence-corrected chi connectivity index (χ3v) is 4.26. The highest BCUT2D eigenvalue weighted by molar-refractivity contribution is 6.33. The first-order valence-corrected chi connectivity index (χ1v) is 7.16. The van der Waals surface area contributed by atoms with Gasteiger partial charge in [0.25, 0.3) is 5.91 Å². The van der Waals surface area contributed by atoms with Crippen LogP contribution in [0.5, 0.6) is 0 Å². The zero-order valence-corrected chi connectivity index (χ0v) is 12.7. The second kappa shape index (κ2) is 5.97. The van der Waals surface area contributed by atoms with Crippen LogP contribution in [0.15, 0.2) is 12.1 Å². The Labute approximate surface area is 124 Å². The number of rotatable bonds is 3. The van der Waals surface area contributed by atoms with E-state index in [1.807, 2.05) is 0 Å². The molecule has 1 fully saturated rings. The fraction of sp³-hybridized carbons (Fsp3) is 0.571. The highest BCUT2D eigenvalue weighted by atomic mass is 35.5. The topological polar surface area (TPSA) is 71.2 Å². The number of aromatic nitrogens is 1. The van der Waals surface area contributed by atoms with E-state index in [1.165, 1.54) is 0 Å². The van der Waals surface area contributed by atoms with Gasteiger partial charge in [-0.2, -0.15) is 0 Å². The predicted molar refractivity (Wildman–Crippen MR) is 80.8 cm³/mol. The first-order valence-electron chi connectivity index (χ1n) is 6.78. The fourth-order valence-electron chi connectivity index (χ4n) is 2.33. The second-order valence-corrected chi connectivity index (χ2v) is 6.27. The van der Waals surface area contributed by atoms with Crippen molar-refractivity contribution in [3.05, 3.63) is 22.8 Å². The standard InChI is InChI=1S/C14H21ClN4O/c1-14(5-7-19(2)8-6-14)9-17-13(20)12-10(15)3-4-11(16)18-12/h3-4H,5-9H2,1-2H3,(H2,16,18)(H,17,20). The zero-order valence-electron chi connectivity index (χ0n) is 11.9. The summed E-state index contributed by atoms with van der Waals surface area (Å²) in [7, 11) is 2.12. The van der Waals surface area contributed by atoms with Gasteiger partial charge in [0.05, 0.1) is 5.02 Å². The van der Waals surface area contributed by atoms with Gasteiger partial charge in [0, 0.05) is 6.54 Å². The van der Waals surface area contributed by atoms with Gasteiger partial charge in [-0.15, -0.1) is 0 Å². The number of pyridine rings is 1. The van der Waals surface area contributed by atoms with Gasteiger partial charge >= 0.3 is 0 Å². The number of nitrogens with zero attached hydrogens (tertiary/aromatic N) is 2. The van der Waals surface area contributed by atoms with Crippen molar-refractivity contribution >= 4 is 23.3 Å². The Morgan fingerprint density at radius 2 is 2.15 bits per heavy atom. The number of likely N-dealkylation sites (tertiary alicyclic amines) is 1. The van der Waals surface area contributed by atoms with Crippen LogP contribution in [0.4, 0.5) is 5.82 Å². The maximum atomic E-state index is 12.1. The van der Waals surface area contributed by atoms with E-state index in [-0.39, 0.29) is 17.0 Å². The van der Waals surface area contributed by atoms with Crippen LogP contribution < -0.4 is 11.1 Å². The summed E-state index contributed by atoms with van der Waals surface area (Å²) in [6, 6.07) is 3.17. The van der Waals surface area contributed by atoms with Gasteiger partial charge in [0.2, 0.25) is 0 Å². The summed E-state index contributed by atoms with van der Waals surface area (Å²) in [5.41, 5.74) is 5.92. The summed E-state index contributed by atoms with van der Waals surface area (Å²) in [5, 5.41) is 3.26. The van der Waals surface area contributed by atoms with E-state index in [9.17, 15) is 4.79 Å². The van der Waals surface area contributed by atoms with Gasteiger partial charge in [-0.1, -0.05) is 18.5 Å². The van der Waals surface area contributed by atoms with Crippen LogP contribution in [-0.4, -0.2) is 42.5 Å².